The molecule has 1 amide bonds. The SMILES string of the molecule is O=C1Nc2ccc(C(=O)O)cc2/C1=C1/Nc2ccccc2/C1=N\OCCN1CCOCC1. The average Bonchev–Trinajstić information content (AvgIpc) is 3.33. The first-order valence-corrected chi connectivity index (χ1v) is 10.4. The van der Waals surface area contributed by atoms with E-state index in [9.17, 15) is 14.7 Å². The van der Waals surface area contributed by atoms with E-state index < -0.39 is 5.97 Å². The van der Waals surface area contributed by atoms with Crippen LogP contribution in [0.25, 0.3) is 5.57 Å². The van der Waals surface area contributed by atoms with Gasteiger partial charge in [-0.2, -0.15) is 0 Å². The van der Waals surface area contributed by atoms with Crippen molar-refractivity contribution < 1.29 is 24.3 Å². The van der Waals surface area contributed by atoms with Crippen molar-refractivity contribution in [1.29, 1.82) is 0 Å². The highest BCUT2D eigenvalue weighted by Crippen LogP contribution is 2.39. The summed E-state index contributed by atoms with van der Waals surface area (Å²) in [4.78, 5) is 32.2. The Morgan fingerprint density at radius 1 is 1.09 bits per heavy atom. The van der Waals surface area contributed by atoms with Crippen LogP contribution in [0.3, 0.4) is 0 Å². The van der Waals surface area contributed by atoms with Gasteiger partial charge in [-0.05, 0) is 24.3 Å². The van der Waals surface area contributed by atoms with Crippen LogP contribution in [0.5, 0.6) is 0 Å². The molecule has 0 atom stereocenters. The molecule has 3 aliphatic heterocycles. The van der Waals surface area contributed by atoms with Crippen molar-refractivity contribution in [2.45, 2.75) is 0 Å². The Kier molecular flexibility index (Phi) is 5.34. The number of carboxylic acid groups (broad SMARTS) is 1. The first kappa shape index (κ1) is 20.2. The monoisotopic (exact) mass is 434 g/mol. The molecular formula is C23H22N4O5. The van der Waals surface area contributed by atoms with Gasteiger partial charge in [0.2, 0.25) is 0 Å². The van der Waals surface area contributed by atoms with Crippen molar-refractivity contribution in [3.63, 3.8) is 0 Å². The summed E-state index contributed by atoms with van der Waals surface area (Å²) in [5.74, 6) is -1.38. The third-order valence-corrected chi connectivity index (χ3v) is 5.70. The van der Waals surface area contributed by atoms with Crippen LogP contribution in [0.1, 0.15) is 21.5 Å². The number of amides is 1. The quantitative estimate of drug-likeness (QED) is 0.376. The number of carboxylic acids is 1. The molecule has 3 N–H and O–H groups in total. The lowest BCUT2D eigenvalue weighted by atomic mass is 9.99. The first-order valence-electron chi connectivity index (χ1n) is 10.4. The zero-order chi connectivity index (χ0) is 22.1. The van der Waals surface area contributed by atoms with Crippen LogP contribution < -0.4 is 10.6 Å². The number of hydrogen-bond donors (Lipinski definition) is 3. The molecule has 1 saturated heterocycles. The molecule has 0 saturated carbocycles. The maximum Gasteiger partial charge on any atom is 0.335 e. The van der Waals surface area contributed by atoms with E-state index in [0.717, 1.165) is 44.1 Å². The second kappa shape index (κ2) is 8.45. The Morgan fingerprint density at radius 2 is 1.88 bits per heavy atom. The van der Waals surface area contributed by atoms with E-state index in [2.05, 4.69) is 20.7 Å². The summed E-state index contributed by atoms with van der Waals surface area (Å²) in [5, 5.41) is 19.8. The Morgan fingerprint density at radius 3 is 2.69 bits per heavy atom. The molecule has 1 fully saturated rings. The zero-order valence-corrected chi connectivity index (χ0v) is 17.3. The minimum atomic E-state index is -1.06. The van der Waals surface area contributed by atoms with Gasteiger partial charge in [-0.25, -0.2) is 4.79 Å². The van der Waals surface area contributed by atoms with Gasteiger partial charge >= 0.3 is 5.97 Å². The minimum Gasteiger partial charge on any atom is -0.478 e. The molecule has 0 bridgehead atoms. The Labute approximate surface area is 184 Å². The van der Waals surface area contributed by atoms with Gasteiger partial charge in [0.05, 0.1) is 30.0 Å². The van der Waals surface area contributed by atoms with E-state index in [1.54, 1.807) is 6.07 Å². The maximum atomic E-state index is 12.9. The van der Waals surface area contributed by atoms with Gasteiger partial charge in [-0.3, -0.25) is 9.69 Å². The van der Waals surface area contributed by atoms with Gasteiger partial charge in [-0.15, -0.1) is 0 Å². The van der Waals surface area contributed by atoms with Crippen molar-refractivity contribution in [2.24, 2.45) is 5.16 Å². The summed E-state index contributed by atoms with van der Waals surface area (Å²) < 4.78 is 5.36. The summed E-state index contributed by atoms with van der Waals surface area (Å²) in [7, 11) is 0. The van der Waals surface area contributed by atoms with Gasteiger partial charge in [0.25, 0.3) is 5.91 Å². The number of carbonyl (C=O) groups excluding carboxylic acids is 1. The second-order valence-electron chi connectivity index (χ2n) is 7.67. The second-order valence-corrected chi connectivity index (χ2v) is 7.67. The van der Waals surface area contributed by atoms with Crippen molar-refractivity contribution in [1.82, 2.24) is 4.90 Å². The van der Waals surface area contributed by atoms with Gasteiger partial charge in [0.15, 0.2) is 0 Å². The molecule has 2 aromatic rings. The third-order valence-electron chi connectivity index (χ3n) is 5.70. The number of benzene rings is 2. The third kappa shape index (κ3) is 3.72. The van der Waals surface area contributed by atoms with E-state index in [-0.39, 0.29) is 11.5 Å². The number of allylic oxidation sites excluding steroid dienone is 1. The highest BCUT2D eigenvalue weighted by molar-refractivity contribution is 6.39. The molecule has 0 unspecified atom stereocenters. The molecule has 0 aromatic heterocycles. The number of anilines is 2. The molecular weight excluding hydrogens is 412 g/mol. The zero-order valence-electron chi connectivity index (χ0n) is 17.3. The molecule has 5 rings (SSSR count). The summed E-state index contributed by atoms with van der Waals surface area (Å²) >= 11 is 0. The standard InChI is InChI=1S/C23H22N4O5/c28-22-19(16-13-14(23(29)30)5-6-18(16)25-22)21-20(15-3-1-2-4-17(15)24-21)26-32-12-9-27-7-10-31-11-8-27/h1-6,13,24H,7-12H2,(H,25,28)(H,29,30)/b21-19-,26-20+. The van der Waals surface area contributed by atoms with Crippen molar-refractivity contribution >= 4 is 34.5 Å². The Balaban J connectivity index is 1.49. The number of fused-ring (bicyclic) bond motifs is 2. The number of nitrogens with one attached hydrogen (secondary N) is 2. The lowest BCUT2D eigenvalue weighted by molar-refractivity contribution is -0.110. The number of carbonyl (C=O) groups is 2. The molecule has 3 heterocycles. The van der Waals surface area contributed by atoms with E-state index >= 15 is 0 Å². The Bertz CT molecular complexity index is 1150. The first-order chi connectivity index (χ1) is 15.6. The number of hydrogen-bond acceptors (Lipinski definition) is 7. The highest BCUT2D eigenvalue weighted by Gasteiger charge is 2.34. The van der Waals surface area contributed by atoms with Crippen molar-refractivity contribution in [3.8, 4) is 0 Å². The predicted octanol–water partition coefficient (Wildman–Crippen LogP) is 2.23. The summed E-state index contributed by atoms with van der Waals surface area (Å²) in [5.41, 5.74) is 4.17. The maximum absolute atomic E-state index is 12.9. The molecule has 3 aliphatic rings. The van der Waals surface area contributed by atoms with Crippen LogP contribution in [0.4, 0.5) is 11.4 Å². The molecule has 32 heavy (non-hydrogen) atoms. The van der Waals surface area contributed by atoms with Crippen LogP contribution in [0, 0.1) is 0 Å². The molecule has 0 aliphatic carbocycles. The summed E-state index contributed by atoms with van der Waals surface area (Å²) in [6.45, 7) is 4.29. The summed E-state index contributed by atoms with van der Waals surface area (Å²) in [6, 6.07) is 12.1. The predicted molar refractivity (Wildman–Crippen MR) is 119 cm³/mol. The van der Waals surface area contributed by atoms with E-state index in [1.807, 2.05) is 24.3 Å². The van der Waals surface area contributed by atoms with Crippen molar-refractivity contribution in [3.05, 3.63) is 64.9 Å². The topological polar surface area (TPSA) is 112 Å². The fraction of sp³-hybridized carbons (Fsp3) is 0.261. The van der Waals surface area contributed by atoms with Gasteiger partial charge < -0.3 is 25.3 Å². The molecule has 9 nitrogen and oxygen atoms in total. The van der Waals surface area contributed by atoms with Crippen LogP contribution in [0.2, 0.25) is 0 Å². The number of nitrogens with zero attached hydrogens (tertiary/aromatic N) is 2. The van der Waals surface area contributed by atoms with Crippen LogP contribution in [0.15, 0.2) is 53.3 Å². The number of ether oxygens (including phenoxy) is 1. The molecule has 9 heteroatoms. The van der Waals surface area contributed by atoms with Crippen LogP contribution in [-0.2, 0) is 14.4 Å². The molecule has 0 radical (unpaired) electrons. The lowest BCUT2D eigenvalue weighted by Gasteiger charge is -2.25. The highest BCUT2D eigenvalue weighted by atomic mass is 16.6. The fourth-order valence-corrected chi connectivity index (χ4v) is 4.06. The number of morpholine rings is 1. The van der Waals surface area contributed by atoms with E-state index in [0.29, 0.717) is 34.8 Å². The lowest BCUT2D eigenvalue weighted by Crippen LogP contribution is -2.38. The van der Waals surface area contributed by atoms with Gasteiger partial charge in [0, 0.05) is 42.1 Å². The Hall–Kier alpha value is -3.69. The largest absolute Gasteiger partial charge is 0.478 e. The number of aromatic carboxylic acids is 1. The number of oxime groups is 1. The average molecular weight is 434 g/mol. The van der Waals surface area contributed by atoms with Crippen LogP contribution >= 0.6 is 0 Å². The van der Waals surface area contributed by atoms with Gasteiger partial charge in [-0.1, -0.05) is 23.4 Å². The summed E-state index contributed by atoms with van der Waals surface area (Å²) in [6.07, 6.45) is 0. The fourth-order valence-electron chi connectivity index (χ4n) is 4.06. The molecule has 164 valence electrons. The number of rotatable bonds is 5. The van der Waals surface area contributed by atoms with Crippen molar-refractivity contribution in [2.75, 3.05) is 50.1 Å². The smallest absolute Gasteiger partial charge is 0.335 e. The molecule has 2 aromatic carbocycles. The van der Waals surface area contributed by atoms with Crippen LogP contribution in [-0.4, -0.2) is 67.0 Å². The van der Waals surface area contributed by atoms with E-state index in [4.69, 9.17) is 9.57 Å². The van der Waals surface area contributed by atoms with E-state index in [1.165, 1.54) is 12.1 Å². The minimum absolute atomic E-state index is 0.106. The number of para-hydroxylation sites is 1. The molecule has 0 spiro atoms. The normalized spacial score (nSPS) is 21.1. The van der Waals surface area contributed by atoms with Gasteiger partial charge in [0.1, 0.15) is 12.3 Å².